The largest absolute Gasteiger partial charge is 0.366 e. The Balaban J connectivity index is 1.41. The third kappa shape index (κ3) is 3.61. The summed E-state index contributed by atoms with van der Waals surface area (Å²) in [5.74, 6) is 1.61. The zero-order chi connectivity index (χ0) is 17.2. The number of hydrogen-bond acceptors (Lipinski definition) is 5. The number of fused-ring (bicyclic) bond motifs is 1. The highest BCUT2D eigenvalue weighted by Gasteiger charge is 2.30. The summed E-state index contributed by atoms with van der Waals surface area (Å²) in [6.45, 7) is 4.31. The second-order valence-corrected chi connectivity index (χ2v) is 7.28. The fourth-order valence-electron chi connectivity index (χ4n) is 4.21. The molecule has 2 aromatic rings. The van der Waals surface area contributed by atoms with Gasteiger partial charge in [0.05, 0.1) is 0 Å². The summed E-state index contributed by atoms with van der Waals surface area (Å²) in [4.78, 5) is 11.6. The van der Waals surface area contributed by atoms with Gasteiger partial charge < -0.3 is 10.6 Å². The summed E-state index contributed by atoms with van der Waals surface area (Å²) in [6, 6.07) is 12.1. The van der Waals surface area contributed by atoms with Crippen molar-refractivity contribution >= 4 is 11.8 Å². The molecule has 0 spiro atoms. The van der Waals surface area contributed by atoms with Gasteiger partial charge >= 0.3 is 0 Å². The molecule has 1 fully saturated rings. The molecule has 1 aromatic carbocycles. The Labute approximate surface area is 149 Å². The average Bonchev–Trinajstić information content (AvgIpc) is 3.05. The fourth-order valence-corrected chi connectivity index (χ4v) is 4.21. The summed E-state index contributed by atoms with van der Waals surface area (Å²) in [6.07, 6.45) is 4.83. The lowest BCUT2D eigenvalue weighted by atomic mass is 10.0. The lowest BCUT2D eigenvalue weighted by Gasteiger charge is -2.37. The molecule has 0 radical (unpaired) electrons. The predicted octanol–water partition coefficient (Wildman–Crippen LogP) is 2.87. The first kappa shape index (κ1) is 16.3. The summed E-state index contributed by atoms with van der Waals surface area (Å²) < 4.78 is 0. The van der Waals surface area contributed by atoms with Crippen LogP contribution < -0.4 is 10.6 Å². The molecule has 5 nitrogen and oxygen atoms in total. The van der Waals surface area contributed by atoms with Crippen molar-refractivity contribution in [3.8, 4) is 0 Å². The molecule has 5 heteroatoms. The van der Waals surface area contributed by atoms with Gasteiger partial charge in [-0.2, -0.15) is 4.98 Å². The van der Waals surface area contributed by atoms with E-state index in [2.05, 4.69) is 49.8 Å². The topological polar surface area (TPSA) is 53.1 Å². The lowest BCUT2D eigenvalue weighted by Crippen LogP contribution is -2.47. The Bertz CT molecular complexity index is 720. The van der Waals surface area contributed by atoms with Crippen molar-refractivity contribution in [2.75, 3.05) is 30.8 Å². The zero-order valence-corrected chi connectivity index (χ0v) is 15.1. The van der Waals surface area contributed by atoms with Gasteiger partial charge in [0.15, 0.2) is 0 Å². The number of aryl methyl sites for hydroxylation is 1. The number of likely N-dealkylation sites (tertiary alicyclic amines) is 1. The average molecular weight is 337 g/mol. The van der Waals surface area contributed by atoms with E-state index in [9.17, 15) is 0 Å². The molecule has 0 saturated carbocycles. The molecule has 25 heavy (non-hydrogen) atoms. The molecular formula is C20H27N5. The van der Waals surface area contributed by atoms with Gasteiger partial charge in [-0.1, -0.05) is 24.3 Å². The normalized spacial score (nSPS) is 21.1. The van der Waals surface area contributed by atoms with Crippen LogP contribution in [0.4, 0.5) is 11.8 Å². The van der Waals surface area contributed by atoms with Crippen molar-refractivity contribution in [2.45, 2.75) is 44.7 Å². The minimum Gasteiger partial charge on any atom is -0.366 e. The second-order valence-electron chi connectivity index (χ2n) is 7.28. The van der Waals surface area contributed by atoms with Crippen LogP contribution in [-0.2, 0) is 12.8 Å². The summed E-state index contributed by atoms with van der Waals surface area (Å²) >= 11 is 0. The third-order valence-electron chi connectivity index (χ3n) is 5.43. The maximum absolute atomic E-state index is 4.55. The van der Waals surface area contributed by atoms with Gasteiger partial charge in [0.2, 0.25) is 5.95 Å². The molecule has 2 heterocycles. The van der Waals surface area contributed by atoms with Crippen LogP contribution in [-0.4, -0.2) is 47.1 Å². The highest BCUT2D eigenvalue weighted by molar-refractivity contribution is 5.43. The van der Waals surface area contributed by atoms with E-state index in [0.29, 0.717) is 18.0 Å². The van der Waals surface area contributed by atoms with Crippen molar-refractivity contribution in [2.24, 2.45) is 0 Å². The molecule has 0 amide bonds. The number of hydrogen-bond donors (Lipinski definition) is 2. The minimum atomic E-state index is 0.455. The van der Waals surface area contributed by atoms with Crippen LogP contribution in [0.15, 0.2) is 30.3 Å². The van der Waals surface area contributed by atoms with Gasteiger partial charge in [0.25, 0.3) is 0 Å². The van der Waals surface area contributed by atoms with Crippen LogP contribution in [0.2, 0.25) is 0 Å². The third-order valence-corrected chi connectivity index (χ3v) is 5.43. The number of nitrogens with one attached hydrogen (secondary N) is 2. The SMILES string of the molecule is CNc1nc(C)cc(NC2CCCN(C3Cc4ccccc4C3)C2)n1. The fraction of sp³-hybridized carbons (Fsp3) is 0.500. The number of rotatable bonds is 4. The molecule has 132 valence electrons. The van der Waals surface area contributed by atoms with E-state index in [-0.39, 0.29) is 0 Å². The van der Waals surface area contributed by atoms with Crippen molar-refractivity contribution in [1.82, 2.24) is 14.9 Å². The molecule has 1 saturated heterocycles. The Kier molecular flexibility index (Phi) is 4.57. The molecule has 2 aliphatic rings. The van der Waals surface area contributed by atoms with E-state index >= 15 is 0 Å². The lowest BCUT2D eigenvalue weighted by molar-refractivity contribution is 0.158. The molecule has 1 unspecified atom stereocenters. The Morgan fingerprint density at radius 2 is 1.88 bits per heavy atom. The predicted molar refractivity (Wildman–Crippen MR) is 102 cm³/mol. The molecule has 2 N–H and O–H groups in total. The van der Waals surface area contributed by atoms with E-state index in [1.165, 1.54) is 43.4 Å². The van der Waals surface area contributed by atoms with E-state index in [0.717, 1.165) is 18.1 Å². The first-order valence-electron chi connectivity index (χ1n) is 9.32. The highest BCUT2D eigenvalue weighted by atomic mass is 15.2. The summed E-state index contributed by atoms with van der Waals surface area (Å²) in [7, 11) is 1.86. The van der Waals surface area contributed by atoms with E-state index in [4.69, 9.17) is 0 Å². The van der Waals surface area contributed by atoms with Crippen molar-refractivity contribution in [3.05, 3.63) is 47.2 Å². The smallest absolute Gasteiger partial charge is 0.224 e. The molecule has 4 rings (SSSR count). The van der Waals surface area contributed by atoms with Crippen LogP contribution in [0.1, 0.15) is 29.7 Å². The van der Waals surface area contributed by atoms with Gasteiger partial charge in [-0.3, -0.25) is 4.90 Å². The number of benzene rings is 1. The van der Waals surface area contributed by atoms with E-state index < -0.39 is 0 Å². The highest BCUT2D eigenvalue weighted by Crippen LogP contribution is 2.28. The quantitative estimate of drug-likeness (QED) is 0.898. The number of nitrogens with zero attached hydrogens (tertiary/aromatic N) is 3. The summed E-state index contributed by atoms with van der Waals surface area (Å²) in [5.41, 5.74) is 4.06. The molecule has 1 atom stereocenters. The van der Waals surface area contributed by atoms with Crippen LogP contribution >= 0.6 is 0 Å². The van der Waals surface area contributed by atoms with Gasteiger partial charge in [0, 0.05) is 37.4 Å². The number of aromatic nitrogens is 2. The second kappa shape index (κ2) is 7.00. The van der Waals surface area contributed by atoms with Crippen molar-refractivity contribution in [3.63, 3.8) is 0 Å². The molecule has 1 aromatic heterocycles. The van der Waals surface area contributed by atoms with Gasteiger partial charge in [-0.15, -0.1) is 0 Å². The standard InChI is InChI=1S/C20H27N5/c1-14-10-19(24-20(21-2)22-14)23-17-8-5-9-25(13-17)18-11-15-6-3-4-7-16(15)12-18/h3-4,6-7,10,17-18H,5,8-9,11-13H2,1-2H3,(H2,21,22,23,24). The van der Waals surface area contributed by atoms with Crippen LogP contribution in [0.5, 0.6) is 0 Å². The van der Waals surface area contributed by atoms with E-state index in [1.54, 1.807) is 0 Å². The van der Waals surface area contributed by atoms with Crippen molar-refractivity contribution < 1.29 is 0 Å². The molecule has 0 bridgehead atoms. The Morgan fingerprint density at radius 1 is 1.12 bits per heavy atom. The molecule has 1 aliphatic carbocycles. The first-order valence-corrected chi connectivity index (χ1v) is 9.32. The van der Waals surface area contributed by atoms with Gasteiger partial charge in [-0.05, 0) is 50.3 Å². The molecule has 1 aliphatic heterocycles. The minimum absolute atomic E-state index is 0.455. The van der Waals surface area contributed by atoms with Crippen molar-refractivity contribution in [1.29, 1.82) is 0 Å². The Morgan fingerprint density at radius 3 is 2.60 bits per heavy atom. The molecular weight excluding hydrogens is 310 g/mol. The first-order chi connectivity index (χ1) is 12.2. The maximum Gasteiger partial charge on any atom is 0.224 e. The zero-order valence-electron chi connectivity index (χ0n) is 15.1. The van der Waals surface area contributed by atoms with Crippen LogP contribution in [0.25, 0.3) is 0 Å². The van der Waals surface area contributed by atoms with Gasteiger partial charge in [-0.25, -0.2) is 4.98 Å². The monoisotopic (exact) mass is 337 g/mol. The number of piperidine rings is 1. The van der Waals surface area contributed by atoms with Gasteiger partial charge in [0.1, 0.15) is 5.82 Å². The van der Waals surface area contributed by atoms with Crippen LogP contribution in [0, 0.1) is 6.92 Å². The van der Waals surface area contributed by atoms with E-state index in [1.807, 2.05) is 20.0 Å². The Hall–Kier alpha value is -2.14. The number of anilines is 2. The summed E-state index contributed by atoms with van der Waals surface area (Å²) in [5, 5.41) is 6.67. The van der Waals surface area contributed by atoms with Crippen LogP contribution in [0.3, 0.4) is 0 Å². The maximum atomic E-state index is 4.55.